The quantitative estimate of drug-likeness (QED) is 0.423. The molecule has 2 atom stereocenters. The molecule has 0 bridgehead atoms. The highest BCUT2D eigenvalue weighted by Gasteiger charge is 2.36. The van der Waals surface area contributed by atoms with Gasteiger partial charge >= 0.3 is 11.7 Å². The number of carbonyl (C=O) groups excluding carboxylic acids is 2. The highest BCUT2D eigenvalue weighted by atomic mass is 35.5. The van der Waals surface area contributed by atoms with E-state index in [-0.39, 0.29) is 11.7 Å². The Bertz CT molecular complexity index is 736. The lowest BCUT2D eigenvalue weighted by molar-refractivity contribution is -0.274. The van der Waals surface area contributed by atoms with Crippen molar-refractivity contribution in [3.05, 3.63) is 35.9 Å². The van der Waals surface area contributed by atoms with Crippen molar-refractivity contribution in [3.8, 4) is 5.75 Å². The normalized spacial score (nSPS) is 22.9. The third-order valence-corrected chi connectivity index (χ3v) is 5.45. The smallest absolute Gasteiger partial charge is 0.406 e. The molecule has 2 saturated heterocycles. The van der Waals surface area contributed by atoms with Crippen LogP contribution >= 0.6 is 11.6 Å². The zero-order valence-corrected chi connectivity index (χ0v) is 15.7. The van der Waals surface area contributed by atoms with Crippen LogP contribution in [-0.2, 0) is 4.79 Å². The fraction of sp³-hybridized carbons (Fsp3) is 0.474. The zero-order valence-electron chi connectivity index (χ0n) is 15.0. The predicted molar refractivity (Wildman–Crippen MR) is 97.8 cm³/mol. The molecule has 28 heavy (non-hydrogen) atoms. The molecule has 2 aliphatic heterocycles. The van der Waals surface area contributed by atoms with E-state index < -0.39 is 11.7 Å². The summed E-state index contributed by atoms with van der Waals surface area (Å²) in [5.74, 6) is 0.261. The van der Waals surface area contributed by atoms with E-state index in [0.29, 0.717) is 43.6 Å². The van der Waals surface area contributed by atoms with E-state index in [1.54, 1.807) is 15.9 Å². The minimum absolute atomic E-state index is 0.138. The van der Waals surface area contributed by atoms with Crippen LogP contribution in [-0.4, -0.2) is 53.6 Å². The number of alkyl halides is 3. The standard InChI is InChI=1S/C19H20ClF3N2O3/c20-18(27)25-11-14-7-9-24(10-8-15(14)12-25)17(26)6-3-13-1-4-16(5-2-13)28-19(21,22)23/h1-6,14-15H,7-12H2/b6-3+/t14-,15+. The molecule has 2 amide bonds. The maximum atomic E-state index is 12.5. The van der Waals surface area contributed by atoms with Crippen LogP contribution in [0.15, 0.2) is 30.3 Å². The summed E-state index contributed by atoms with van der Waals surface area (Å²) in [6, 6.07) is 5.31. The molecule has 2 aliphatic rings. The summed E-state index contributed by atoms with van der Waals surface area (Å²) in [4.78, 5) is 27.2. The van der Waals surface area contributed by atoms with Crippen molar-refractivity contribution in [2.75, 3.05) is 26.2 Å². The highest BCUT2D eigenvalue weighted by molar-refractivity contribution is 6.62. The molecule has 3 rings (SSSR count). The van der Waals surface area contributed by atoms with Gasteiger partial charge in [-0.05, 0) is 60.1 Å². The minimum atomic E-state index is -4.73. The number of hydrogen-bond acceptors (Lipinski definition) is 3. The highest BCUT2D eigenvalue weighted by Crippen LogP contribution is 2.32. The van der Waals surface area contributed by atoms with Crippen molar-refractivity contribution >= 4 is 29.0 Å². The lowest BCUT2D eigenvalue weighted by Gasteiger charge is -2.20. The van der Waals surface area contributed by atoms with E-state index in [9.17, 15) is 22.8 Å². The van der Waals surface area contributed by atoms with Gasteiger partial charge in [0.05, 0.1) is 0 Å². The van der Waals surface area contributed by atoms with Gasteiger partial charge in [0.25, 0.3) is 0 Å². The molecule has 152 valence electrons. The molecule has 1 aromatic carbocycles. The van der Waals surface area contributed by atoms with Crippen molar-refractivity contribution < 1.29 is 27.5 Å². The van der Waals surface area contributed by atoms with Gasteiger partial charge in [0.2, 0.25) is 5.91 Å². The molecule has 2 heterocycles. The maximum absolute atomic E-state index is 12.5. The first-order valence-corrected chi connectivity index (χ1v) is 9.36. The molecule has 0 aromatic heterocycles. The molecule has 0 N–H and O–H groups in total. The number of amides is 2. The van der Waals surface area contributed by atoms with E-state index in [1.165, 1.54) is 30.3 Å². The molecule has 0 aliphatic carbocycles. The van der Waals surface area contributed by atoms with Crippen LogP contribution in [0.3, 0.4) is 0 Å². The summed E-state index contributed by atoms with van der Waals surface area (Å²) in [6.07, 6.45) is -0.107. The topological polar surface area (TPSA) is 49.9 Å². The van der Waals surface area contributed by atoms with Gasteiger partial charge in [-0.1, -0.05) is 12.1 Å². The number of halogens is 4. The first kappa shape index (κ1) is 20.5. The van der Waals surface area contributed by atoms with E-state index >= 15 is 0 Å². The summed E-state index contributed by atoms with van der Waals surface area (Å²) >= 11 is 5.56. The summed E-state index contributed by atoms with van der Waals surface area (Å²) in [5.41, 5.74) is 0.603. The first-order valence-electron chi connectivity index (χ1n) is 8.98. The predicted octanol–water partition coefficient (Wildman–Crippen LogP) is 4.13. The third-order valence-electron chi connectivity index (χ3n) is 5.21. The summed E-state index contributed by atoms with van der Waals surface area (Å²) in [5, 5.41) is -0.421. The molecular formula is C19H20ClF3N2O3. The zero-order chi connectivity index (χ0) is 20.3. The summed E-state index contributed by atoms with van der Waals surface area (Å²) < 4.78 is 40.3. The maximum Gasteiger partial charge on any atom is 0.573 e. The average Bonchev–Trinajstić information content (AvgIpc) is 2.93. The number of rotatable bonds is 3. The number of benzene rings is 1. The van der Waals surface area contributed by atoms with Gasteiger partial charge in [0, 0.05) is 32.3 Å². The number of nitrogens with zero attached hydrogens (tertiary/aromatic N) is 2. The van der Waals surface area contributed by atoms with Gasteiger partial charge in [-0.2, -0.15) is 0 Å². The molecule has 0 spiro atoms. The van der Waals surface area contributed by atoms with Crippen molar-refractivity contribution in [1.82, 2.24) is 9.80 Å². The molecule has 5 nitrogen and oxygen atoms in total. The van der Waals surface area contributed by atoms with Gasteiger partial charge < -0.3 is 14.5 Å². The molecule has 1 aromatic rings. The number of likely N-dealkylation sites (tertiary alicyclic amines) is 2. The molecule has 0 radical (unpaired) electrons. The van der Waals surface area contributed by atoms with Crippen molar-refractivity contribution in [2.45, 2.75) is 19.2 Å². The van der Waals surface area contributed by atoms with Crippen LogP contribution in [0.2, 0.25) is 0 Å². The van der Waals surface area contributed by atoms with Crippen LogP contribution in [0, 0.1) is 11.8 Å². The summed E-state index contributed by atoms with van der Waals surface area (Å²) in [6.45, 7) is 2.48. The van der Waals surface area contributed by atoms with Crippen molar-refractivity contribution in [2.24, 2.45) is 11.8 Å². The van der Waals surface area contributed by atoms with Crippen molar-refractivity contribution in [1.29, 1.82) is 0 Å². The van der Waals surface area contributed by atoms with E-state index in [1.807, 2.05) is 0 Å². The minimum Gasteiger partial charge on any atom is -0.406 e. The molecule has 0 unspecified atom stereocenters. The second-order valence-corrected chi connectivity index (χ2v) is 7.35. The second kappa shape index (κ2) is 8.43. The Labute approximate surface area is 165 Å². The van der Waals surface area contributed by atoms with Gasteiger partial charge in [-0.15, -0.1) is 13.2 Å². The van der Waals surface area contributed by atoms with Crippen LogP contribution in [0.1, 0.15) is 18.4 Å². The fourth-order valence-corrected chi connectivity index (χ4v) is 3.90. The monoisotopic (exact) mass is 416 g/mol. The fourth-order valence-electron chi connectivity index (χ4n) is 3.77. The van der Waals surface area contributed by atoms with Crippen LogP contribution in [0.5, 0.6) is 5.75 Å². The summed E-state index contributed by atoms with van der Waals surface area (Å²) in [7, 11) is 0. The lowest BCUT2D eigenvalue weighted by Crippen LogP contribution is -2.32. The third kappa shape index (κ3) is 5.41. The number of carbonyl (C=O) groups is 2. The van der Waals surface area contributed by atoms with E-state index in [0.717, 1.165) is 12.8 Å². The van der Waals surface area contributed by atoms with E-state index in [4.69, 9.17) is 11.6 Å². The Kier molecular flexibility index (Phi) is 6.17. The SMILES string of the molecule is O=C(Cl)N1C[C@H]2CCN(C(=O)/C=C/c3ccc(OC(F)(F)F)cc3)CC[C@H]2C1. The van der Waals surface area contributed by atoms with Gasteiger partial charge in [0.15, 0.2) is 0 Å². The molecule has 0 saturated carbocycles. The largest absolute Gasteiger partial charge is 0.573 e. The Hall–Kier alpha value is -2.22. The van der Waals surface area contributed by atoms with Crippen molar-refractivity contribution in [3.63, 3.8) is 0 Å². The lowest BCUT2D eigenvalue weighted by atomic mass is 9.92. The Balaban J connectivity index is 1.53. The number of hydrogen-bond donors (Lipinski definition) is 0. The number of ether oxygens (including phenoxy) is 1. The van der Waals surface area contributed by atoms with Crippen LogP contribution < -0.4 is 4.74 Å². The Morgan fingerprint density at radius 1 is 1.04 bits per heavy atom. The van der Waals surface area contributed by atoms with Crippen LogP contribution in [0.4, 0.5) is 18.0 Å². The number of fused-ring (bicyclic) bond motifs is 1. The second-order valence-electron chi connectivity index (χ2n) is 7.03. The van der Waals surface area contributed by atoms with Gasteiger partial charge in [-0.25, -0.2) is 0 Å². The van der Waals surface area contributed by atoms with E-state index in [2.05, 4.69) is 4.74 Å². The Morgan fingerprint density at radius 2 is 1.61 bits per heavy atom. The first-order chi connectivity index (χ1) is 13.2. The Morgan fingerprint density at radius 3 is 2.11 bits per heavy atom. The molecule has 9 heteroatoms. The van der Waals surface area contributed by atoms with Crippen LogP contribution in [0.25, 0.3) is 6.08 Å². The average molecular weight is 417 g/mol. The molecule has 2 fully saturated rings. The molecular weight excluding hydrogens is 397 g/mol. The van der Waals surface area contributed by atoms with Gasteiger partial charge in [-0.3, -0.25) is 9.59 Å². The van der Waals surface area contributed by atoms with Gasteiger partial charge in [0.1, 0.15) is 5.75 Å².